The zero-order valence-electron chi connectivity index (χ0n) is 17.9. The van der Waals surface area contributed by atoms with Gasteiger partial charge in [0, 0.05) is 23.7 Å². The molecule has 2 heterocycles. The third-order valence-corrected chi connectivity index (χ3v) is 6.05. The maximum Gasteiger partial charge on any atom is 0.200 e. The predicted octanol–water partition coefficient (Wildman–Crippen LogP) is 5.78. The van der Waals surface area contributed by atoms with Crippen molar-refractivity contribution in [2.75, 3.05) is 13.8 Å². The summed E-state index contributed by atoms with van der Waals surface area (Å²) in [5.41, 5.74) is 3.81. The monoisotopic (exact) mass is 447 g/mol. The largest absolute Gasteiger partial charge is 0.496 e. The molecule has 0 N–H and O–H groups in total. The van der Waals surface area contributed by atoms with E-state index in [4.69, 9.17) is 25.5 Å². The van der Waals surface area contributed by atoms with Crippen LogP contribution in [-0.4, -0.2) is 18.7 Å². The van der Waals surface area contributed by atoms with E-state index < -0.39 is 0 Å². The molecule has 0 saturated heterocycles. The molecule has 0 radical (unpaired) electrons. The summed E-state index contributed by atoms with van der Waals surface area (Å²) in [5.74, 6) is 2.15. The van der Waals surface area contributed by atoms with Gasteiger partial charge in [-0.15, -0.1) is 0 Å². The molecule has 0 unspecified atom stereocenters. The number of para-hydroxylation sites is 1. The second kappa shape index (κ2) is 8.34. The molecule has 6 heteroatoms. The zero-order valence-corrected chi connectivity index (χ0v) is 18.6. The molecule has 0 aliphatic carbocycles. The van der Waals surface area contributed by atoms with Crippen molar-refractivity contribution in [3.05, 3.63) is 92.8 Å². The molecule has 3 aromatic carbocycles. The molecule has 0 bridgehead atoms. The van der Waals surface area contributed by atoms with E-state index in [9.17, 15) is 4.79 Å². The highest BCUT2D eigenvalue weighted by Crippen LogP contribution is 2.35. The van der Waals surface area contributed by atoms with E-state index >= 15 is 0 Å². The van der Waals surface area contributed by atoms with Crippen molar-refractivity contribution in [2.24, 2.45) is 0 Å². The van der Waals surface area contributed by atoms with Crippen molar-refractivity contribution in [2.45, 2.75) is 20.0 Å². The van der Waals surface area contributed by atoms with E-state index in [1.165, 1.54) is 0 Å². The highest BCUT2D eigenvalue weighted by atomic mass is 35.5. The summed E-state index contributed by atoms with van der Waals surface area (Å²) < 4.78 is 17.7. The van der Waals surface area contributed by atoms with Crippen LogP contribution in [0.4, 0.5) is 0 Å². The van der Waals surface area contributed by atoms with Gasteiger partial charge >= 0.3 is 0 Å². The quantitative estimate of drug-likeness (QED) is 0.396. The first-order chi connectivity index (χ1) is 15.5. The smallest absolute Gasteiger partial charge is 0.200 e. The predicted molar refractivity (Wildman–Crippen MR) is 125 cm³/mol. The minimum Gasteiger partial charge on any atom is -0.496 e. The van der Waals surface area contributed by atoms with Crippen molar-refractivity contribution in [1.82, 2.24) is 4.90 Å². The Bertz CT molecular complexity index is 1360. The van der Waals surface area contributed by atoms with Gasteiger partial charge in [0.2, 0.25) is 5.43 Å². The number of aryl methyl sites for hydroxylation is 1. The fourth-order valence-electron chi connectivity index (χ4n) is 4.25. The van der Waals surface area contributed by atoms with E-state index in [1.807, 2.05) is 49.4 Å². The normalized spacial score (nSPS) is 13.6. The SMILES string of the molecule is COc1ccccc1CN1COc2ccc3c(=O)c(-c4ccc(Cl)cc4)c(C)oc3c2C1. The van der Waals surface area contributed by atoms with Crippen molar-refractivity contribution in [3.8, 4) is 22.6 Å². The molecule has 0 spiro atoms. The van der Waals surface area contributed by atoms with E-state index in [0.717, 1.165) is 28.2 Å². The average molecular weight is 448 g/mol. The Hall–Kier alpha value is -3.28. The van der Waals surface area contributed by atoms with Gasteiger partial charge in [-0.1, -0.05) is 41.9 Å². The van der Waals surface area contributed by atoms with Crippen LogP contribution in [0.15, 0.2) is 69.9 Å². The van der Waals surface area contributed by atoms with Crippen molar-refractivity contribution >= 4 is 22.6 Å². The van der Waals surface area contributed by atoms with Crippen molar-refractivity contribution < 1.29 is 13.9 Å². The second-order valence-electron chi connectivity index (χ2n) is 7.86. The lowest BCUT2D eigenvalue weighted by Crippen LogP contribution is -2.32. The number of hydrogen-bond acceptors (Lipinski definition) is 5. The summed E-state index contributed by atoms with van der Waals surface area (Å²) in [6.07, 6.45) is 0. The Kier molecular flexibility index (Phi) is 5.37. The molecular formula is C26H22ClNO4. The molecule has 5 nitrogen and oxygen atoms in total. The van der Waals surface area contributed by atoms with E-state index in [0.29, 0.717) is 47.1 Å². The summed E-state index contributed by atoms with van der Waals surface area (Å²) in [7, 11) is 1.67. The van der Waals surface area contributed by atoms with Gasteiger partial charge in [0.1, 0.15) is 29.6 Å². The van der Waals surface area contributed by atoms with Crippen LogP contribution in [0.3, 0.4) is 0 Å². The molecule has 1 aliphatic rings. The molecule has 0 fully saturated rings. The van der Waals surface area contributed by atoms with Gasteiger partial charge in [-0.05, 0) is 42.8 Å². The van der Waals surface area contributed by atoms with Crippen molar-refractivity contribution in [1.29, 1.82) is 0 Å². The Morgan fingerprint density at radius 3 is 2.62 bits per heavy atom. The molecule has 162 valence electrons. The molecule has 32 heavy (non-hydrogen) atoms. The topological polar surface area (TPSA) is 51.9 Å². The van der Waals surface area contributed by atoms with Crippen LogP contribution >= 0.6 is 11.6 Å². The number of benzene rings is 3. The van der Waals surface area contributed by atoms with Crippen molar-refractivity contribution in [3.63, 3.8) is 0 Å². The molecule has 5 rings (SSSR count). The summed E-state index contributed by atoms with van der Waals surface area (Å²) >= 11 is 6.02. The summed E-state index contributed by atoms with van der Waals surface area (Å²) in [5, 5.41) is 1.17. The first kappa shape index (κ1) is 20.6. The van der Waals surface area contributed by atoms with Gasteiger partial charge < -0.3 is 13.9 Å². The van der Waals surface area contributed by atoms with Crippen LogP contribution in [-0.2, 0) is 13.1 Å². The van der Waals surface area contributed by atoms with Gasteiger partial charge in [0.15, 0.2) is 0 Å². The maximum absolute atomic E-state index is 13.4. The van der Waals surface area contributed by atoms with Crippen LogP contribution in [0.25, 0.3) is 22.1 Å². The zero-order chi connectivity index (χ0) is 22.2. The molecule has 4 aromatic rings. The minimum atomic E-state index is -0.0595. The highest BCUT2D eigenvalue weighted by Gasteiger charge is 2.24. The maximum atomic E-state index is 13.4. The first-order valence-corrected chi connectivity index (χ1v) is 10.7. The number of halogens is 1. The molecule has 0 saturated carbocycles. The molecule has 1 aromatic heterocycles. The molecule has 0 amide bonds. The summed E-state index contributed by atoms with van der Waals surface area (Å²) in [4.78, 5) is 15.6. The molecule has 1 aliphatic heterocycles. The molecule has 0 atom stereocenters. The minimum absolute atomic E-state index is 0.0595. The fourth-order valence-corrected chi connectivity index (χ4v) is 4.37. The first-order valence-electron chi connectivity index (χ1n) is 10.4. The van der Waals surface area contributed by atoms with Crippen LogP contribution in [0.2, 0.25) is 5.02 Å². The highest BCUT2D eigenvalue weighted by molar-refractivity contribution is 6.30. The molecular weight excluding hydrogens is 426 g/mol. The number of hydrogen-bond donors (Lipinski definition) is 0. The van der Waals surface area contributed by atoms with Gasteiger partial charge in [-0.2, -0.15) is 0 Å². The number of nitrogens with zero attached hydrogens (tertiary/aromatic N) is 1. The van der Waals surface area contributed by atoms with Crippen LogP contribution in [0, 0.1) is 6.92 Å². The lowest BCUT2D eigenvalue weighted by atomic mass is 10.0. The van der Waals surface area contributed by atoms with Gasteiger partial charge in [0.05, 0.1) is 23.6 Å². The fraction of sp³-hybridized carbons (Fsp3) is 0.192. The number of fused-ring (bicyclic) bond motifs is 3. The Labute approximate surface area is 190 Å². The van der Waals surface area contributed by atoms with Gasteiger partial charge in [-0.25, -0.2) is 0 Å². The lowest BCUT2D eigenvalue weighted by molar-refractivity contribution is 0.0882. The van der Waals surface area contributed by atoms with Crippen LogP contribution < -0.4 is 14.9 Å². The van der Waals surface area contributed by atoms with Crippen LogP contribution in [0.5, 0.6) is 11.5 Å². The van der Waals surface area contributed by atoms with E-state index in [1.54, 1.807) is 25.3 Å². The lowest BCUT2D eigenvalue weighted by Gasteiger charge is -2.29. The van der Waals surface area contributed by atoms with Gasteiger partial charge in [0.25, 0.3) is 0 Å². The average Bonchev–Trinajstić information content (AvgIpc) is 2.80. The Morgan fingerprint density at radius 2 is 1.84 bits per heavy atom. The Balaban J connectivity index is 1.55. The van der Waals surface area contributed by atoms with E-state index in [2.05, 4.69) is 4.90 Å². The summed E-state index contributed by atoms with van der Waals surface area (Å²) in [6, 6.07) is 18.8. The van der Waals surface area contributed by atoms with E-state index in [-0.39, 0.29) is 5.43 Å². The standard InChI is InChI=1S/C26H22ClNO4/c1-16-24(17-7-9-19(27)10-8-17)25(29)20-11-12-23-21(26(20)32-16)14-28(15-31-23)13-18-5-3-4-6-22(18)30-2/h3-12H,13-15H2,1-2H3. The third-order valence-electron chi connectivity index (χ3n) is 5.80. The second-order valence-corrected chi connectivity index (χ2v) is 8.30. The number of methoxy groups -OCH3 is 1. The third kappa shape index (κ3) is 3.64. The van der Waals surface area contributed by atoms with Crippen LogP contribution in [0.1, 0.15) is 16.9 Å². The summed E-state index contributed by atoms with van der Waals surface area (Å²) in [6.45, 7) is 3.53. The number of ether oxygens (including phenoxy) is 2. The number of rotatable bonds is 4. The Morgan fingerprint density at radius 1 is 1.06 bits per heavy atom. The van der Waals surface area contributed by atoms with Gasteiger partial charge in [-0.3, -0.25) is 9.69 Å².